The number of carbonyl (C=O) groups excluding carboxylic acids is 2. The molecule has 1 aliphatic heterocycles. The second-order valence-electron chi connectivity index (χ2n) is 5.49. The topological polar surface area (TPSA) is 103 Å². The van der Waals surface area contributed by atoms with Gasteiger partial charge in [0, 0.05) is 17.8 Å². The Hall–Kier alpha value is -3.68. The summed E-state index contributed by atoms with van der Waals surface area (Å²) in [7, 11) is 1.43. The molecule has 27 heavy (non-hydrogen) atoms. The number of anilines is 1. The molecule has 0 fully saturated rings. The van der Waals surface area contributed by atoms with Crippen LogP contribution in [0.3, 0.4) is 0 Å². The van der Waals surface area contributed by atoms with E-state index in [1.54, 1.807) is 30.3 Å². The number of amides is 1. The van der Waals surface area contributed by atoms with Crippen LogP contribution in [0, 0.1) is 0 Å². The van der Waals surface area contributed by atoms with E-state index in [2.05, 4.69) is 5.32 Å². The zero-order valence-corrected chi connectivity index (χ0v) is 14.4. The number of benzene rings is 2. The van der Waals surface area contributed by atoms with Gasteiger partial charge in [0.15, 0.2) is 29.6 Å². The smallest absolute Gasteiger partial charge is 0.331 e. The van der Waals surface area contributed by atoms with Crippen molar-refractivity contribution in [2.24, 2.45) is 0 Å². The highest BCUT2D eigenvalue weighted by molar-refractivity contribution is 5.94. The number of methoxy groups -OCH3 is 1. The number of rotatable bonds is 6. The summed E-state index contributed by atoms with van der Waals surface area (Å²) >= 11 is 0. The number of phenols is 1. The molecule has 8 nitrogen and oxygen atoms in total. The number of hydrogen-bond acceptors (Lipinski definition) is 7. The normalized spacial score (nSPS) is 12.0. The molecule has 0 unspecified atom stereocenters. The van der Waals surface area contributed by atoms with Gasteiger partial charge in [-0.3, -0.25) is 4.79 Å². The first kappa shape index (κ1) is 18.1. The average Bonchev–Trinajstić information content (AvgIpc) is 3.13. The summed E-state index contributed by atoms with van der Waals surface area (Å²) in [5, 5.41) is 12.1. The predicted octanol–water partition coefficient (Wildman–Crippen LogP) is 2.32. The molecule has 2 N–H and O–H groups in total. The molecule has 0 aromatic heterocycles. The van der Waals surface area contributed by atoms with Gasteiger partial charge < -0.3 is 29.4 Å². The van der Waals surface area contributed by atoms with Crippen LogP contribution in [0.2, 0.25) is 0 Å². The van der Waals surface area contributed by atoms with Crippen LogP contribution < -0.4 is 19.5 Å². The van der Waals surface area contributed by atoms with Gasteiger partial charge >= 0.3 is 5.97 Å². The number of phenolic OH excluding ortho intramolecular Hbond substituents is 1. The first-order valence-electron chi connectivity index (χ1n) is 7.96. The lowest BCUT2D eigenvalue weighted by Gasteiger charge is -2.06. The lowest BCUT2D eigenvalue weighted by Crippen LogP contribution is -2.20. The van der Waals surface area contributed by atoms with Gasteiger partial charge in [0.2, 0.25) is 6.79 Å². The monoisotopic (exact) mass is 371 g/mol. The molecular formula is C19H17NO7. The Morgan fingerprint density at radius 3 is 2.81 bits per heavy atom. The lowest BCUT2D eigenvalue weighted by atomic mass is 10.2. The van der Waals surface area contributed by atoms with E-state index in [4.69, 9.17) is 18.9 Å². The standard InChI is InChI=1S/C19H17NO7/c1-24-16-8-12(2-5-14(16)21)3-7-19(23)25-10-18(22)20-13-4-6-15-17(9-13)27-11-26-15/h2-9,21H,10-11H2,1H3,(H,20,22)/b7-3+. The summed E-state index contributed by atoms with van der Waals surface area (Å²) in [6.45, 7) is -0.292. The molecule has 1 aliphatic rings. The quantitative estimate of drug-likeness (QED) is 0.593. The second-order valence-corrected chi connectivity index (χ2v) is 5.49. The molecule has 0 aliphatic carbocycles. The SMILES string of the molecule is COc1cc(/C=C/C(=O)OCC(=O)Nc2ccc3c(c2)OCO3)ccc1O. The number of carbonyl (C=O) groups is 2. The fourth-order valence-electron chi connectivity index (χ4n) is 2.32. The summed E-state index contributed by atoms with van der Waals surface area (Å²) in [5.74, 6) is 0.267. The van der Waals surface area contributed by atoms with Crippen molar-refractivity contribution in [2.75, 3.05) is 25.8 Å². The molecular weight excluding hydrogens is 354 g/mol. The van der Waals surface area contributed by atoms with Crippen molar-refractivity contribution < 1.29 is 33.6 Å². The first-order valence-corrected chi connectivity index (χ1v) is 7.96. The van der Waals surface area contributed by atoms with E-state index in [9.17, 15) is 14.7 Å². The Morgan fingerprint density at radius 1 is 1.19 bits per heavy atom. The third kappa shape index (κ3) is 4.69. The van der Waals surface area contributed by atoms with Gasteiger partial charge in [-0.25, -0.2) is 4.79 Å². The van der Waals surface area contributed by atoms with Crippen molar-refractivity contribution in [2.45, 2.75) is 0 Å². The van der Waals surface area contributed by atoms with Crippen LogP contribution in [0.25, 0.3) is 6.08 Å². The molecule has 0 bridgehead atoms. The molecule has 0 saturated carbocycles. The number of nitrogens with one attached hydrogen (secondary N) is 1. The zero-order valence-electron chi connectivity index (χ0n) is 14.4. The molecule has 0 saturated heterocycles. The third-order valence-electron chi connectivity index (χ3n) is 3.62. The van der Waals surface area contributed by atoms with Gasteiger partial charge in [-0.15, -0.1) is 0 Å². The van der Waals surface area contributed by atoms with Gasteiger partial charge in [-0.05, 0) is 35.9 Å². The van der Waals surface area contributed by atoms with Crippen LogP contribution in [0.5, 0.6) is 23.0 Å². The Labute approximate surface area is 154 Å². The first-order chi connectivity index (χ1) is 13.0. The molecule has 140 valence electrons. The van der Waals surface area contributed by atoms with Gasteiger partial charge in [-0.1, -0.05) is 6.07 Å². The van der Waals surface area contributed by atoms with Crippen molar-refractivity contribution >= 4 is 23.6 Å². The van der Waals surface area contributed by atoms with Crippen molar-refractivity contribution in [3.63, 3.8) is 0 Å². The lowest BCUT2D eigenvalue weighted by molar-refractivity contribution is -0.142. The maximum Gasteiger partial charge on any atom is 0.331 e. The van der Waals surface area contributed by atoms with Crippen LogP contribution in [-0.2, 0) is 14.3 Å². The Morgan fingerprint density at radius 2 is 2.00 bits per heavy atom. The van der Waals surface area contributed by atoms with E-state index < -0.39 is 18.5 Å². The minimum Gasteiger partial charge on any atom is -0.504 e. The molecule has 0 radical (unpaired) electrons. The van der Waals surface area contributed by atoms with Crippen LogP contribution in [-0.4, -0.2) is 37.5 Å². The van der Waals surface area contributed by atoms with Crippen molar-refractivity contribution in [1.29, 1.82) is 0 Å². The van der Waals surface area contributed by atoms with Crippen LogP contribution in [0.1, 0.15) is 5.56 Å². The predicted molar refractivity (Wildman–Crippen MR) is 95.8 cm³/mol. The van der Waals surface area contributed by atoms with Crippen LogP contribution in [0.4, 0.5) is 5.69 Å². The fourth-order valence-corrected chi connectivity index (χ4v) is 2.32. The van der Waals surface area contributed by atoms with E-state index in [1.165, 1.54) is 25.3 Å². The maximum absolute atomic E-state index is 11.9. The van der Waals surface area contributed by atoms with Gasteiger partial charge in [-0.2, -0.15) is 0 Å². The Bertz CT molecular complexity index is 892. The van der Waals surface area contributed by atoms with Gasteiger partial charge in [0.25, 0.3) is 5.91 Å². The van der Waals surface area contributed by atoms with Crippen LogP contribution in [0.15, 0.2) is 42.5 Å². The molecule has 1 amide bonds. The number of aromatic hydroxyl groups is 1. The Kier molecular flexibility index (Phi) is 5.46. The van der Waals surface area contributed by atoms with E-state index >= 15 is 0 Å². The number of fused-ring (bicyclic) bond motifs is 1. The van der Waals surface area contributed by atoms with Gasteiger partial charge in [0.1, 0.15) is 0 Å². The molecule has 3 rings (SSSR count). The highest BCUT2D eigenvalue weighted by Crippen LogP contribution is 2.34. The fraction of sp³-hybridized carbons (Fsp3) is 0.158. The van der Waals surface area contributed by atoms with E-state index in [0.717, 1.165) is 0 Å². The minimum absolute atomic E-state index is 0.00239. The summed E-state index contributed by atoms with van der Waals surface area (Å²) in [4.78, 5) is 23.6. The average molecular weight is 371 g/mol. The summed E-state index contributed by atoms with van der Waals surface area (Å²) < 4.78 is 20.3. The minimum atomic E-state index is -0.678. The van der Waals surface area contributed by atoms with E-state index in [1.807, 2.05) is 0 Å². The third-order valence-corrected chi connectivity index (χ3v) is 3.62. The number of esters is 1. The number of hydrogen-bond donors (Lipinski definition) is 2. The largest absolute Gasteiger partial charge is 0.504 e. The summed E-state index contributed by atoms with van der Waals surface area (Å²) in [6, 6.07) is 9.58. The van der Waals surface area contributed by atoms with Gasteiger partial charge in [0.05, 0.1) is 7.11 Å². The van der Waals surface area contributed by atoms with Crippen molar-refractivity contribution in [1.82, 2.24) is 0 Å². The molecule has 0 spiro atoms. The van der Waals surface area contributed by atoms with Crippen molar-refractivity contribution in [3.8, 4) is 23.0 Å². The second kappa shape index (κ2) is 8.13. The van der Waals surface area contributed by atoms with Crippen LogP contribution >= 0.6 is 0 Å². The summed E-state index contributed by atoms with van der Waals surface area (Å²) in [6.07, 6.45) is 2.67. The molecule has 2 aromatic carbocycles. The highest BCUT2D eigenvalue weighted by Gasteiger charge is 2.14. The van der Waals surface area contributed by atoms with E-state index in [-0.39, 0.29) is 18.3 Å². The highest BCUT2D eigenvalue weighted by atomic mass is 16.7. The molecule has 1 heterocycles. The van der Waals surface area contributed by atoms with Crippen molar-refractivity contribution in [3.05, 3.63) is 48.0 Å². The Balaban J connectivity index is 1.49. The number of ether oxygens (including phenoxy) is 4. The zero-order chi connectivity index (χ0) is 19.2. The summed E-state index contributed by atoms with van der Waals surface area (Å²) in [5.41, 5.74) is 1.14. The maximum atomic E-state index is 11.9. The van der Waals surface area contributed by atoms with E-state index in [0.29, 0.717) is 22.7 Å². The molecule has 8 heteroatoms. The molecule has 0 atom stereocenters. The molecule has 2 aromatic rings.